The standard InChI is InChI=1S/C17H11ClF3N3O3/c18-12-6-5-9(7-11(12)17(19,20)21)22-14(25)8-24-15(26)10-3-1-2-4-13(10)23-16(24)27/h1-7H,8H2,(H,22,25)(H,23,27). The lowest BCUT2D eigenvalue weighted by molar-refractivity contribution is -0.137. The first-order chi connectivity index (χ1) is 12.7. The van der Waals surface area contributed by atoms with Crippen LogP contribution in [0.2, 0.25) is 5.02 Å². The highest BCUT2D eigenvalue weighted by atomic mass is 35.5. The number of carbonyl (C=O) groups excluding carboxylic acids is 1. The van der Waals surface area contributed by atoms with E-state index in [4.69, 9.17) is 11.6 Å². The number of para-hydroxylation sites is 1. The zero-order valence-corrected chi connectivity index (χ0v) is 14.2. The van der Waals surface area contributed by atoms with Gasteiger partial charge in [-0.05, 0) is 30.3 Å². The Kier molecular flexibility index (Phi) is 4.79. The van der Waals surface area contributed by atoms with E-state index in [9.17, 15) is 27.6 Å². The number of anilines is 1. The van der Waals surface area contributed by atoms with E-state index in [1.54, 1.807) is 12.1 Å². The van der Waals surface area contributed by atoms with Crippen molar-refractivity contribution < 1.29 is 18.0 Å². The molecule has 0 saturated carbocycles. The summed E-state index contributed by atoms with van der Waals surface area (Å²) in [5.74, 6) is -0.840. The van der Waals surface area contributed by atoms with Crippen molar-refractivity contribution >= 4 is 34.1 Å². The summed E-state index contributed by atoms with van der Waals surface area (Å²) < 4.78 is 39.3. The SMILES string of the molecule is O=C(Cn1c(=O)[nH]c2ccccc2c1=O)Nc1ccc(Cl)c(C(F)(F)F)c1. The smallest absolute Gasteiger partial charge is 0.325 e. The Bertz CT molecular complexity index is 1150. The molecule has 3 rings (SSSR count). The van der Waals surface area contributed by atoms with Crippen molar-refractivity contribution in [2.24, 2.45) is 0 Å². The van der Waals surface area contributed by atoms with Crippen LogP contribution < -0.4 is 16.6 Å². The number of nitrogens with zero attached hydrogens (tertiary/aromatic N) is 1. The number of alkyl halides is 3. The molecule has 0 atom stereocenters. The van der Waals surface area contributed by atoms with Crippen LogP contribution >= 0.6 is 11.6 Å². The van der Waals surface area contributed by atoms with Crippen LogP contribution in [-0.4, -0.2) is 15.5 Å². The van der Waals surface area contributed by atoms with E-state index < -0.39 is 40.5 Å². The maximum absolute atomic E-state index is 12.9. The minimum atomic E-state index is -4.69. The zero-order valence-electron chi connectivity index (χ0n) is 13.4. The van der Waals surface area contributed by atoms with Crippen molar-refractivity contribution in [1.29, 1.82) is 0 Å². The summed E-state index contributed by atoms with van der Waals surface area (Å²) in [6.45, 7) is -0.664. The summed E-state index contributed by atoms with van der Waals surface area (Å²) in [4.78, 5) is 39.0. The van der Waals surface area contributed by atoms with Gasteiger partial charge in [-0.1, -0.05) is 23.7 Å². The Morgan fingerprint density at radius 3 is 2.56 bits per heavy atom. The van der Waals surface area contributed by atoms with Crippen LogP contribution in [-0.2, 0) is 17.5 Å². The monoisotopic (exact) mass is 397 g/mol. The molecule has 0 unspecified atom stereocenters. The van der Waals surface area contributed by atoms with Gasteiger partial charge in [-0.25, -0.2) is 4.79 Å². The fourth-order valence-corrected chi connectivity index (χ4v) is 2.73. The second-order valence-electron chi connectivity index (χ2n) is 5.61. The first kappa shape index (κ1) is 18.7. The van der Waals surface area contributed by atoms with E-state index in [1.165, 1.54) is 18.2 Å². The predicted molar refractivity (Wildman–Crippen MR) is 93.9 cm³/mol. The molecule has 0 radical (unpaired) electrons. The fourth-order valence-electron chi connectivity index (χ4n) is 2.51. The van der Waals surface area contributed by atoms with Crippen LogP contribution in [0.5, 0.6) is 0 Å². The minimum absolute atomic E-state index is 0.165. The van der Waals surface area contributed by atoms with Gasteiger partial charge in [0.2, 0.25) is 5.91 Å². The van der Waals surface area contributed by atoms with Crippen molar-refractivity contribution in [2.75, 3.05) is 5.32 Å². The number of benzene rings is 2. The van der Waals surface area contributed by atoms with E-state index in [2.05, 4.69) is 10.3 Å². The zero-order chi connectivity index (χ0) is 19.8. The molecule has 1 amide bonds. The summed E-state index contributed by atoms with van der Waals surface area (Å²) in [5.41, 5.74) is -2.45. The molecular weight excluding hydrogens is 387 g/mol. The molecule has 2 aromatic carbocycles. The lowest BCUT2D eigenvalue weighted by Gasteiger charge is -2.12. The van der Waals surface area contributed by atoms with Gasteiger partial charge in [0, 0.05) is 5.69 Å². The highest BCUT2D eigenvalue weighted by molar-refractivity contribution is 6.31. The number of halogens is 4. The maximum Gasteiger partial charge on any atom is 0.417 e. The molecule has 1 aromatic heterocycles. The van der Waals surface area contributed by atoms with E-state index in [-0.39, 0.29) is 11.1 Å². The molecule has 0 saturated heterocycles. The van der Waals surface area contributed by atoms with Gasteiger partial charge in [-0.2, -0.15) is 13.2 Å². The average molecular weight is 398 g/mol. The Morgan fingerprint density at radius 2 is 1.85 bits per heavy atom. The normalized spacial score (nSPS) is 11.6. The topological polar surface area (TPSA) is 84.0 Å². The lowest BCUT2D eigenvalue weighted by Crippen LogP contribution is -2.38. The summed E-state index contributed by atoms with van der Waals surface area (Å²) in [6, 6.07) is 9.10. The third-order valence-electron chi connectivity index (χ3n) is 3.75. The van der Waals surface area contributed by atoms with Gasteiger partial charge in [0.25, 0.3) is 5.56 Å². The fraction of sp³-hybridized carbons (Fsp3) is 0.118. The Morgan fingerprint density at radius 1 is 1.15 bits per heavy atom. The summed E-state index contributed by atoms with van der Waals surface area (Å²) in [7, 11) is 0. The molecule has 3 aromatic rings. The van der Waals surface area contributed by atoms with Crippen molar-refractivity contribution in [2.45, 2.75) is 12.7 Å². The molecule has 0 aliphatic heterocycles. The van der Waals surface area contributed by atoms with E-state index in [1.807, 2.05) is 0 Å². The number of aromatic amines is 1. The lowest BCUT2D eigenvalue weighted by atomic mass is 10.2. The molecule has 1 heterocycles. The third kappa shape index (κ3) is 3.87. The van der Waals surface area contributed by atoms with Gasteiger partial charge in [-0.3, -0.25) is 14.2 Å². The van der Waals surface area contributed by atoms with E-state index in [0.29, 0.717) is 16.2 Å². The van der Waals surface area contributed by atoms with Crippen molar-refractivity contribution in [3.63, 3.8) is 0 Å². The largest absolute Gasteiger partial charge is 0.417 e. The number of fused-ring (bicyclic) bond motifs is 1. The number of nitrogens with one attached hydrogen (secondary N) is 2. The van der Waals surface area contributed by atoms with Gasteiger partial charge in [0.15, 0.2) is 0 Å². The minimum Gasteiger partial charge on any atom is -0.325 e. The average Bonchev–Trinajstić information content (AvgIpc) is 2.59. The summed E-state index contributed by atoms with van der Waals surface area (Å²) in [6.07, 6.45) is -4.69. The van der Waals surface area contributed by atoms with E-state index in [0.717, 1.165) is 6.07 Å². The second kappa shape index (κ2) is 6.92. The summed E-state index contributed by atoms with van der Waals surface area (Å²) in [5, 5.41) is 1.92. The van der Waals surface area contributed by atoms with E-state index >= 15 is 0 Å². The van der Waals surface area contributed by atoms with Gasteiger partial charge in [0.1, 0.15) is 6.54 Å². The number of hydrogen-bond acceptors (Lipinski definition) is 3. The molecule has 27 heavy (non-hydrogen) atoms. The molecule has 6 nitrogen and oxygen atoms in total. The van der Waals surface area contributed by atoms with Crippen molar-refractivity contribution in [3.8, 4) is 0 Å². The number of amides is 1. The molecule has 10 heteroatoms. The van der Waals surface area contributed by atoms with Crippen LogP contribution in [0.25, 0.3) is 10.9 Å². The molecular formula is C17H11ClF3N3O3. The Balaban J connectivity index is 1.88. The van der Waals surface area contributed by atoms with Crippen molar-refractivity contribution in [3.05, 3.63) is 73.9 Å². The molecule has 0 bridgehead atoms. The molecule has 0 aliphatic carbocycles. The summed E-state index contributed by atoms with van der Waals surface area (Å²) >= 11 is 5.52. The van der Waals surface area contributed by atoms with Crippen LogP contribution in [0.1, 0.15) is 5.56 Å². The van der Waals surface area contributed by atoms with Crippen LogP contribution in [0.3, 0.4) is 0 Å². The number of hydrogen-bond donors (Lipinski definition) is 2. The van der Waals surface area contributed by atoms with Gasteiger partial charge >= 0.3 is 11.9 Å². The number of H-pyrrole nitrogens is 1. The Labute approximate surface area is 154 Å². The highest BCUT2D eigenvalue weighted by Crippen LogP contribution is 2.36. The number of rotatable bonds is 3. The number of carbonyl (C=O) groups is 1. The molecule has 0 aliphatic rings. The molecule has 0 spiro atoms. The van der Waals surface area contributed by atoms with Crippen molar-refractivity contribution in [1.82, 2.24) is 9.55 Å². The van der Waals surface area contributed by atoms with Crippen LogP contribution in [0, 0.1) is 0 Å². The van der Waals surface area contributed by atoms with Crippen LogP contribution in [0.4, 0.5) is 18.9 Å². The first-order valence-electron chi connectivity index (χ1n) is 7.55. The molecule has 2 N–H and O–H groups in total. The molecule has 140 valence electrons. The number of aromatic nitrogens is 2. The molecule has 0 fully saturated rings. The third-order valence-corrected chi connectivity index (χ3v) is 4.08. The Hall–Kier alpha value is -3.07. The van der Waals surface area contributed by atoms with Gasteiger partial charge < -0.3 is 10.3 Å². The van der Waals surface area contributed by atoms with Gasteiger partial charge in [-0.15, -0.1) is 0 Å². The van der Waals surface area contributed by atoms with Gasteiger partial charge in [0.05, 0.1) is 21.5 Å². The first-order valence-corrected chi connectivity index (χ1v) is 7.93. The quantitative estimate of drug-likeness (QED) is 0.712. The highest BCUT2D eigenvalue weighted by Gasteiger charge is 2.33. The predicted octanol–water partition coefficient (Wildman–Crippen LogP) is 3.00. The second-order valence-corrected chi connectivity index (χ2v) is 6.01. The van der Waals surface area contributed by atoms with Crippen LogP contribution in [0.15, 0.2) is 52.1 Å². The maximum atomic E-state index is 12.9.